The molecule has 4 N–H and O–H groups in total. The summed E-state index contributed by atoms with van der Waals surface area (Å²) >= 11 is 0. The Hall–Kier alpha value is 0.937. The van der Waals surface area contributed by atoms with Crippen LogP contribution in [0, 0.1) is 11.8 Å². The molecule has 0 radical (unpaired) electrons. The van der Waals surface area contributed by atoms with Gasteiger partial charge in [-0.2, -0.15) is 0 Å². The molecule has 0 saturated heterocycles. The van der Waals surface area contributed by atoms with E-state index in [4.69, 9.17) is 10.2 Å². The molecule has 0 aliphatic carbocycles. The summed E-state index contributed by atoms with van der Waals surface area (Å²) in [5, 5.41) is 18.1. The van der Waals surface area contributed by atoms with Crippen molar-refractivity contribution in [1.29, 1.82) is 0 Å². The molecule has 0 aromatic rings. The maximum absolute atomic E-state index is 11.0. The number of rotatable bonds is 11. The minimum atomic E-state index is -0.899. The van der Waals surface area contributed by atoms with E-state index in [2.05, 4.69) is 9.44 Å². The fraction of sp³-hybridized carbons (Fsp3) is 0.833. The zero-order chi connectivity index (χ0) is 15.7. The molecule has 0 aliphatic rings. The largest absolute Gasteiger partial charge is 0.480 e. The first-order valence-corrected chi connectivity index (χ1v) is 8.68. The van der Waals surface area contributed by atoms with Crippen LogP contribution in [0.25, 0.3) is 0 Å². The van der Waals surface area contributed by atoms with Crippen LogP contribution in [0.15, 0.2) is 0 Å². The van der Waals surface area contributed by atoms with Gasteiger partial charge < -0.3 is 10.2 Å². The van der Waals surface area contributed by atoms with E-state index in [1.807, 2.05) is 27.7 Å². The summed E-state index contributed by atoms with van der Waals surface area (Å²) in [5.41, 5.74) is 0. The Morgan fingerprint density at radius 3 is 1.27 bits per heavy atom. The van der Waals surface area contributed by atoms with Crippen LogP contribution < -0.4 is 9.44 Å². The van der Waals surface area contributed by atoms with Crippen LogP contribution in [0.1, 0.15) is 40.5 Å². The maximum Gasteiger partial charge on any atom is 0.321 e. The van der Waals surface area contributed by atoms with Crippen molar-refractivity contribution < 1.29 is 61.9 Å². The first kappa shape index (κ1) is 27.8. The predicted octanol–water partition coefficient (Wildman–Crippen LogP) is 2.37. The summed E-state index contributed by atoms with van der Waals surface area (Å²) in [7, 11) is 2.23. The molecule has 0 bridgehead atoms. The molecule has 0 aromatic heterocycles. The molecule has 6 nitrogen and oxygen atoms in total. The number of aliphatic carboxylic acids is 2. The number of hydrogen-bond acceptors (Lipinski definition) is 6. The van der Waals surface area contributed by atoms with Gasteiger partial charge >= 0.3 is 11.9 Å². The van der Waals surface area contributed by atoms with Gasteiger partial charge in [0.15, 0.2) is 0 Å². The van der Waals surface area contributed by atoms with Crippen LogP contribution in [0.2, 0.25) is 0 Å². The number of carboxylic acid groups (broad SMARTS) is 2. The minimum Gasteiger partial charge on any atom is -0.480 e. The molecule has 0 rings (SSSR count). The van der Waals surface area contributed by atoms with Crippen molar-refractivity contribution in [1.82, 2.24) is 9.44 Å². The summed E-state index contributed by atoms with van der Waals surface area (Å²) in [6.45, 7) is 7.82. The van der Waals surface area contributed by atoms with Crippen molar-refractivity contribution in [2.75, 3.05) is 0 Å². The zero-order valence-corrected chi connectivity index (χ0v) is 18.7. The molecule has 22 heavy (non-hydrogen) atoms. The summed E-state index contributed by atoms with van der Waals surface area (Å²) in [5.74, 6) is -1.25. The minimum absolute atomic E-state index is 0. The number of carbonyl (C=O) groups is 2. The number of hydrogen-bond donors (Lipinski definition) is 4. The molecule has 0 fully saturated rings. The second kappa shape index (κ2) is 15.5. The van der Waals surface area contributed by atoms with Gasteiger partial charge in [0, 0.05) is 64.1 Å². The second-order valence-electron chi connectivity index (χ2n) is 5.44. The molecule has 0 aliphatic heterocycles. The van der Waals surface area contributed by atoms with Crippen molar-refractivity contribution in [3.63, 3.8) is 0 Å². The normalized spacial score (nSPS) is 13.2. The van der Waals surface area contributed by atoms with Gasteiger partial charge in [-0.15, -0.1) is 0 Å². The Morgan fingerprint density at radius 1 is 0.818 bits per heavy atom. The van der Waals surface area contributed by atoms with Gasteiger partial charge in [0.2, 0.25) is 0 Å². The summed E-state index contributed by atoms with van der Waals surface area (Å²) in [6, 6.07) is -1.27. The molecule has 0 spiro atoms. The average Bonchev–Trinajstić information content (AvgIpc) is 2.29. The Balaban J connectivity index is -0.00000180. The standard InChI is InChI=1S/C12H24N2O4S2.2Mo/c1-7(2)5-9(11(15)16)13-19-20-14-10(12(17)18)6-8(3)4;;/h7-10,13-14H,5-6H2,1-4H3,(H,15,16)(H,17,18);;/t9-,10-;;/m0../s1. The average molecular weight is 516 g/mol. The molecule has 0 heterocycles. The van der Waals surface area contributed by atoms with Crippen molar-refractivity contribution in [2.24, 2.45) is 11.8 Å². The van der Waals surface area contributed by atoms with Crippen molar-refractivity contribution in [3.8, 4) is 0 Å². The number of nitrogens with one attached hydrogen (secondary N) is 2. The van der Waals surface area contributed by atoms with Crippen molar-refractivity contribution in [3.05, 3.63) is 0 Å². The molecule has 2 atom stereocenters. The van der Waals surface area contributed by atoms with E-state index in [0.29, 0.717) is 12.8 Å². The van der Waals surface area contributed by atoms with E-state index in [9.17, 15) is 9.59 Å². The van der Waals surface area contributed by atoms with Crippen LogP contribution in [-0.2, 0) is 51.7 Å². The van der Waals surface area contributed by atoms with Gasteiger partial charge in [0.05, 0.1) is 0 Å². The third-order valence-corrected chi connectivity index (χ3v) is 4.10. The molecule has 0 unspecified atom stereocenters. The fourth-order valence-corrected chi connectivity index (χ4v) is 3.21. The van der Waals surface area contributed by atoms with E-state index >= 15 is 0 Å². The van der Waals surface area contributed by atoms with E-state index in [-0.39, 0.29) is 54.0 Å². The zero-order valence-electron chi connectivity index (χ0n) is 13.1. The van der Waals surface area contributed by atoms with Gasteiger partial charge in [-0.3, -0.25) is 9.59 Å². The van der Waals surface area contributed by atoms with Crippen LogP contribution in [0.5, 0.6) is 0 Å². The predicted molar refractivity (Wildman–Crippen MR) is 83.2 cm³/mol. The van der Waals surface area contributed by atoms with Gasteiger partial charge in [-0.05, 0) is 24.7 Å². The van der Waals surface area contributed by atoms with Crippen LogP contribution in [0.3, 0.4) is 0 Å². The molecular formula is C12H24Mo2N2O4S2. The third-order valence-electron chi connectivity index (χ3n) is 2.43. The Labute approximate surface area is 168 Å². The third kappa shape index (κ3) is 14.5. The molecule has 0 saturated carbocycles. The van der Waals surface area contributed by atoms with Crippen LogP contribution >= 0.6 is 22.0 Å². The molecule has 0 aromatic carbocycles. The van der Waals surface area contributed by atoms with Gasteiger partial charge in [0.25, 0.3) is 0 Å². The molecule has 130 valence electrons. The first-order valence-electron chi connectivity index (χ1n) is 6.53. The quantitative estimate of drug-likeness (QED) is 0.144. The maximum atomic E-state index is 11.0. The van der Waals surface area contributed by atoms with Crippen LogP contribution in [0.4, 0.5) is 0 Å². The van der Waals surface area contributed by atoms with E-state index in [1.165, 1.54) is 0 Å². The van der Waals surface area contributed by atoms with E-state index in [1.54, 1.807) is 0 Å². The summed E-state index contributed by atoms with van der Waals surface area (Å²) in [6.07, 6.45) is 1.05. The first-order chi connectivity index (χ1) is 9.23. The SMILES string of the molecule is CC(C)C[C@H](NSSN[C@@H](CC(C)C)C(=O)O)C(=O)O.[Mo].[Mo]. The molecule has 10 heteroatoms. The van der Waals surface area contributed by atoms with Gasteiger partial charge in [-0.1, -0.05) is 27.7 Å². The molecule has 0 amide bonds. The van der Waals surface area contributed by atoms with Crippen LogP contribution in [-0.4, -0.2) is 34.2 Å². The van der Waals surface area contributed by atoms with Crippen molar-refractivity contribution >= 4 is 33.9 Å². The van der Waals surface area contributed by atoms with Crippen molar-refractivity contribution in [2.45, 2.75) is 52.6 Å². The topological polar surface area (TPSA) is 98.7 Å². The number of carboxylic acids is 2. The van der Waals surface area contributed by atoms with Gasteiger partial charge in [-0.25, -0.2) is 9.44 Å². The fourth-order valence-electron chi connectivity index (χ4n) is 1.51. The monoisotopic (exact) mass is 520 g/mol. The Kier molecular flexibility index (Phi) is 19.5. The smallest absolute Gasteiger partial charge is 0.321 e. The van der Waals surface area contributed by atoms with E-state index < -0.39 is 24.0 Å². The van der Waals surface area contributed by atoms with E-state index in [0.717, 1.165) is 22.0 Å². The molecular weight excluding hydrogens is 492 g/mol. The second-order valence-corrected chi connectivity index (χ2v) is 7.25. The Bertz CT molecular complexity index is 294. The summed E-state index contributed by atoms with van der Waals surface area (Å²) in [4.78, 5) is 22.0. The Morgan fingerprint density at radius 2 is 1.09 bits per heavy atom. The summed E-state index contributed by atoms with van der Waals surface area (Å²) < 4.78 is 5.65. The van der Waals surface area contributed by atoms with Gasteiger partial charge in [0.1, 0.15) is 12.1 Å².